The van der Waals surface area contributed by atoms with Crippen molar-refractivity contribution in [2.45, 2.75) is 17.9 Å². The number of para-hydroxylation sites is 2. The lowest BCUT2D eigenvalue weighted by atomic mass is 10.0. The lowest BCUT2D eigenvalue weighted by Gasteiger charge is -2.22. The lowest BCUT2D eigenvalue weighted by molar-refractivity contribution is 0.401. The van der Waals surface area contributed by atoms with E-state index in [0.717, 1.165) is 25.9 Å². The van der Waals surface area contributed by atoms with E-state index in [1.807, 2.05) is 6.07 Å². The second kappa shape index (κ2) is 7.08. The number of halogens is 2. The van der Waals surface area contributed by atoms with E-state index in [-0.39, 0.29) is 34.3 Å². The first-order valence-corrected chi connectivity index (χ1v) is 8.95. The summed E-state index contributed by atoms with van der Waals surface area (Å²) in [5, 5.41) is 3.09. The van der Waals surface area contributed by atoms with E-state index >= 15 is 0 Å². The number of nitrogens with one attached hydrogen (secondary N) is 1. The molecule has 120 valence electrons. The summed E-state index contributed by atoms with van der Waals surface area (Å²) in [6, 6.07) is 7.12. The van der Waals surface area contributed by atoms with Gasteiger partial charge in [0.25, 0.3) is 0 Å². The number of piperidine rings is 1. The molecule has 0 radical (unpaired) electrons. The Labute approximate surface area is 140 Å². The van der Waals surface area contributed by atoms with Crippen LogP contribution in [0.5, 0.6) is 0 Å². The Kier molecular flexibility index (Phi) is 5.60. The van der Waals surface area contributed by atoms with Gasteiger partial charge >= 0.3 is 0 Å². The zero-order chi connectivity index (χ0) is 14.9. The molecule has 0 aliphatic carbocycles. The minimum absolute atomic E-state index is 0. The lowest BCUT2D eigenvalue weighted by Crippen LogP contribution is -2.31. The second-order valence-electron chi connectivity index (χ2n) is 5.28. The number of fused-ring (bicyclic) bond motifs is 1. The summed E-state index contributed by atoms with van der Waals surface area (Å²) >= 11 is 6.04. The van der Waals surface area contributed by atoms with Gasteiger partial charge in [0, 0.05) is 0 Å². The van der Waals surface area contributed by atoms with Crippen LogP contribution in [0.25, 0.3) is 11.0 Å². The third-order valence-corrected chi connectivity index (χ3v) is 5.87. The van der Waals surface area contributed by atoms with Crippen molar-refractivity contribution >= 4 is 44.9 Å². The Balaban J connectivity index is 0.00000176. The SMILES string of the molecule is Cl.O=S(=O)(CC1CCNCC1)c1nc2ccccc2nc1Cl. The maximum absolute atomic E-state index is 12.6. The Hall–Kier alpha value is -0.950. The highest BCUT2D eigenvalue weighted by Gasteiger charge is 2.27. The summed E-state index contributed by atoms with van der Waals surface area (Å²) in [6.45, 7) is 1.72. The van der Waals surface area contributed by atoms with E-state index in [1.165, 1.54) is 0 Å². The number of aromatic nitrogens is 2. The van der Waals surface area contributed by atoms with Crippen molar-refractivity contribution in [2.24, 2.45) is 5.92 Å². The van der Waals surface area contributed by atoms with Gasteiger partial charge in [-0.15, -0.1) is 12.4 Å². The molecular formula is C14H17Cl2N3O2S. The van der Waals surface area contributed by atoms with Crippen molar-refractivity contribution in [1.82, 2.24) is 15.3 Å². The normalized spacial score (nSPS) is 16.4. The van der Waals surface area contributed by atoms with Crippen LogP contribution in [-0.4, -0.2) is 37.2 Å². The minimum atomic E-state index is -3.52. The molecule has 1 aromatic heterocycles. The van der Waals surface area contributed by atoms with Gasteiger partial charge in [0.1, 0.15) is 0 Å². The molecule has 3 rings (SSSR count). The van der Waals surface area contributed by atoms with Crippen molar-refractivity contribution in [3.8, 4) is 0 Å². The highest BCUT2D eigenvalue weighted by atomic mass is 35.5. The van der Waals surface area contributed by atoms with Crippen LogP contribution in [0.4, 0.5) is 0 Å². The van der Waals surface area contributed by atoms with E-state index in [9.17, 15) is 8.42 Å². The van der Waals surface area contributed by atoms with Gasteiger partial charge in [-0.25, -0.2) is 18.4 Å². The summed E-state index contributed by atoms with van der Waals surface area (Å²) < 4.78 is 25.1. The fraction of sp³-hybridized carbons (Fsp3) is 0.429. The van der Waals surface area contributed by atoms with Crippen molar-refractivity contribution in [1.29, 1.82) is 0 Å². The fourth-order valence-corrected chi connectivity index (χ4v) is 4.74. The number of nitrogens with zero attached hydrogens (tertiary/aromatic N) is 2. The van der Waals surface area contributed by atoms with E-state index in [4.69, 9.17) is 11.6 Å². The largest absolute Gasteiger partial charge is 0.317 e. The molecule has 1 saturated heterocycles. The summed E-state index contributed by atoms with van der Waals surface area (Å²) in [4.78, 5) is 8.36. The number of sulfone groups is 1. The molecule has 0 unspecified atom stereocenters. The third-order valence-electron chi connectivity index (χ3n) is 3.71. The van der Waals surface area contributed by atoms with Crippen molar-refractivity contribution in [3.63, 3.8) is 0 Å². The highest BCUT2D eigenvalue weighted by molar-refractivity contribution is 7.91. The first-order valence-electron chi connectivity index (χ1n) is 6.92. The Morgan fingerprint density at radius 2 is 1.73 bits per heavy atom. The Bertz CT molecular complexity index is 762. The van der Waals surface area contributed by atoms with Crippen LogP contribution in [-0.2, 0) is 9.84 Å². The number of rotatable bonds is 3. The van der Waals surface area contributed by atoms with Crippen LogP contribution in [0.15, 0.2) is 29.3 Å². The van der Waals surface area contributed by atoms with Gasteiger partial charge in [-0.05, 0) is 44.0 Å². The quantitative estimate of drug-likeness (QED) is 0.908. The topological polar surface area (TPSA) is 72.0 Å². The molecule has 0 spiro atoms. The summed E-state index contributed by atoms with van der Waals surface area (Å²) in [5.41, 5.74) is 1.15. The van der Waals surface area contributed by atoms with Crippen molar-refractivity contribution < 1.29 is 8.42 Å². The van der Waals surface area contributed by atoms with E-state index in [1.54, 1.807) is 18.2 Å². The molecule has 1 aliphatic rings. The van der Waals surface area contributed by atoms with Crippen LogP contribution in [0, 0.1) is 5.92 Å². The van der Waals surface area contributed by atoms with Gasteiger partial charge in [0.15, 0.2) is 20.0 Å². The molecule has 2 aromatic rings. The molecule has 0 bridgehead atoms. The molecule has 5 nitrogen and oxygen atoms in total. The maximum atomic E-state index is 12.6. The van der Waals surface area contributed by atoms with Crippen molar-refractivity contribution in [2.75, 3.05) is 18.8 Å². The standard InChI is InChI=1S/C14H16ClN3O2S.ClH/c15-13-14(18-12-4-2-1-3-11(12)17-13)21(19,20)9-10-5-7-16-8-6-10;/h1-4,10,16H,5-9H2;1H. The van der Waals surface area contributed by atoms with Crippen LogP contribution >= 0.6 is 24.0 Å². The average molecular weight is 362 g/mol. The Morgan fingerprint density at radius 3 is 2.36 bits per heavy atom. The monoisotopic (exact) mass is 361 g/mol. The summed E-state index contributed by atoms with van der Waals surface area (Å²) in [6.07, 6.45) is 1.72. The van der Waals surface area contributed by atoms with E-state index < -0.39 is 9.84 Å². The Morgan fingerprint density at radius 1 is 1.14 bits per heavy atom. The minimum Gasteiger partial charge on any atom is -0.317 e. The number of hydrogen-bond acceptors (Lipinski definition) is 5. The molecule has 22 heavy (non-hydrogen) atoms. The smallest absolute Gasteiger partial charge is 0.199 e. The van der Waals surface area contributed by atoms with Crippen LogP contribution < -0.4 is 5.32 Å². The molecular weight excluding hydrogens is 345 g/mol. The molecule has 1 fully saturated rings. The first kappa shape index (κ1) is 17.4. The molecule has 1 aromatic carbocycles. The van der Waals surface area contributed by atoms with E-state index in [0.29, 0.717) is 11.0 Å². The zero-order valence-corrected chi connectivity index (χ0v) is 14.2. The summed E-state index contributed by atoms with van der Waals surface area (Å²) in [5.74, 6) is 0.238. The zero-order valence-electron chi connectivity index (χ0n) is 11.8. The molecule has 2 heterocycles. The average Bonchev–Trinajstić information content (AvgIpc) is 2.47. The van der Waals surface area contributed by atoms with Crippen LogP contribution in [0.3, 0.4) is 0 Å². The molecule has 0 amide bonds. The molecule has 1 aliphatic heterocycles. The van der Waals surface area contributed by atoms with Gasteiger partial charge in [-0.1, -0.05) is 23.7 Å². The number of benzene rings is 1. The van der Waals surface area contributed by atoms with Gasteiger partial charge in [-0.2, -0.15) is 0 Å². The number of hydrogen-bond donors (Lipinski definition) is 1. The first-order chi connectivity index (χ1) is 10.1. The maximum Gasteiger partial charge on any atom is 0.199 e. The van der Waals surface area contributed by atoms with Gasteiger partial charge in [0.2, 0.25) is 0 Å². The summed E-state index contributed by atoms with van der Waals surface area (Å²) in [7, 11) is -3.52. The van der Waals surface area contributed by atoms with Gasteiger partial charge < -0.3 is 5.32 Å². The predicted octanol–water partition coefficient (Wildman–Crippen LogP) is 2.48. The molecule has 0 saturated carbocycles. The molecule has 1 N–H and O–H groups in total. The predicted molar refractivity (Wildman–Crippen MR) is 89.4 cm³/mol. The van der Waals surface area contributed by atoms with Crippen molar-refractivity contribution in [3.05, 3.63) is 29.4 Å². The highest BCUT2D eigenvalue weighted by Crippen LogP contribution is 2.25. The third kappa shape index (κ3) is 3.68. The molecule has 8 heteroatoms. The molecule has 0 atom stereocenters. The van der Waals surface area contributed by atoms with E-state index in [2.05, 4.69) is 15.3 Å². The van der Waals surface area contributed by atoms with Gasteiger partial charge in [0.05, 0.1) is 16.8 Å². The van der Waals surface area contributed by atoms with Crippen LogP contribution in [0.1, 0.15) is 12.8 Å². The second-order valence-corrected chi connectivity index (χ2v) is 7.59. The van der Waals surface area contributed by atoms with Gasteiger partial charge in [-0.3, -0.25) is 0 Å². The fourth-order valence-electron chi connectivity index (χ4n) is 2.60. The van der Waals surface area contributed by atoms with Crippen LogP contribution in [0.2, 0.25) is 5.15 Å².